The lowest BCUT2D eigenvalue weighted by atomic mass is 10.1. The summed E-state index contributed by atoms with van der Waals surface area (Å²) < 4.78 is 13.4. The number of anilines is 1. The molecule has 0 bridgehead atoms. The number of carbonyl (C=O) groups is 1. The number of aromatic nitrogens is 1. The Balaban J connectivity index is 1.42. The van der Waals surface area contributed by atoms with Crippen molar-refractivity contribution < 1.29 is 9.18 Å². The molecule has 0 spiro atoms. The molecule has 7 heteroatoms. The average molecular weight is 320 g/mol. The summed E-state index contributed by atoms with van der Waals surface area (Å²) in [5.74, 6) is -0.598. The van der Waals surface area contributed by atoms with Crippen molar-refractivity contribution in [3.8, 4) is 0 Å². The fraction of sp³-hybridized carbons (Fsp3) is 0.333. The molecule has 0 fully saturated rings. The van der Waals surface area contributed by atoms with Gasteiger partial charge in [0.05, 0.1) is 0 Å². The third-order valence-corrected chi connectivity index (χ3v) is 4.61. The first kappa shape index (κ1) is 14.9. The van der Waals surface area contributed by atoms with E-state index in [1.807, 2.05) is 11.3 Å². The van der Waals surface area contributed by atoms with E-state index < -0.39 is 11.8 Å². The van der Waals surface area contributed by atoms with E-state index in [-0.39, 0.29) is 5.82 Å². The molecule has 0 saturated carbocycles. The zero-order chi connectivity index (χ0) is 15.4. The quantitative estimate of drug-likeness (QED) is 0.910. The van der Waals surface area contributed by atoms with E-state index in [9.17, 15) is 9.18 Å². The smallest absolute Gasteiger partial charge is 0.320 e. The molecule has 3 rings (SSSR count). The van der Waals surface area contributed by atoms with Crippen LogP contribution in [0.3, 0.4) is 0 Å². The molecule has 5 nitrogen and oxygen atoms in total. The Labute approximate surface area is 132 Å². The summed E-state index contributed by atoms with van der Waals surface area (Å²) in [5.41, 5.74) is 1.39. The highest BCUT2D eigenvalue weighted by Crippen LogP contribution is 2.23. The number of fused-ring (bicyclic) bond motifs is 1. The summed E-state index contributed by atoms with van der Waals surface area (Å²) >= 11 is 1.81. The number of urea groups is 1. The number of rotatable bonds is 4. The van der Waals surface area contributed by atoms with E-state index in [1.165, 1.54) is 28.8 Å². The molecule has 2 amide bonds. The number of amides is 2. The van der Waals surface area contributed by atoms with Crippen LogP contribution in [0, 0.1) is 5.82 Å². The summed E-state index contributed by atoms with van der Waals surface area (Å²) in [6.45, 7) is 3.22. The third-order valence-electron chi connectivity index (χ3n) is 3.59. The lowest BCUT2D eigenvalue weighted by Gasteiger charge is -2.26. The molecule has 0 aromatic carbocycles. The largest absolute Gasteiger partial charge is 0.337 e. The minimum atomic E-state index is -0.543. The van der Waals surface area contributed by atoms with Crippen molar-refractivity contribution in [3.63, 3.8) is 0 Å². The number of halogens is 1. The summed E-state index contributed by atoms with van der Waals surface area (Å²) in [6, 6.07) is 4.46. The fourth-order valence-electron chi connectivity index (χ4n) is 2.45. The van der Waals surface area contributed by atoms with Gasteiger partial charge in [-0.3, -0.25) is 10.2 Å². The number of pyridine rings is 1. The highest BCUT2D eigenvalue weighted by molar-refractivity contribution is 7.10. The van der Waals surface area contributed by atoms with Crippen molar-refractivity contribution in [1.82, 2.24) is 15.2 Å². The van der Waals surface area contributed by atoms with Crippen LogP contribution in [0.5, 0.6) is 0 Å². The number of nitrogens with zero attached hydrogens (tertiary/aromatic N) is 2. The lowest BCUT2D eigenvalue weighted by Crippen LogP contribution is -2.39. The lowest BCUT2D eigenvalue weighted by molar-refractivity contribution is 0.239. The van der Waals surface area contributed by atoms with Crippen LogP contribution in [-0.4, -0.2) is 35.5 Å². The predicted molar refractivity (Wildman–Crippen MR) is 84.5 cm³/mol. The van der Waals surface area contributed by atoms with Gasteiger partial charge in [-0.1, -0.05) is 0 Å². The molecule has 0 unspecified atom stereocenters. The summed E-state index contributed by atoms with van der Waals surface area (Å²) in [7, 11) is 0. The Kier molecular flexibility index (Phi) is 4.65. The first-order chi connectivity index (χ1) is 10.7. The van der Waals surface area contributed by atoms with Crippen LogP contribution in [0.4, 0.5) is 15.0 Å². The van der Waals surface area contributed by atoms with Gasteiger partial charge in [0.2, 0.25) is 0 Å². The van der Waals surface area contributed by atoms with Crippen molar-refractivity contribution in [3.05, 3.63) is 46.0 Å². The molecule has 0 radical (unpaired) electrons. The molecule has 1 aliphatic rings. The van der Waals surface area contributed by atoms with Crippen LogP contribution in [0.15, 0.2) is 29.8 Å². The van der Waals surface area contributed by atoms with E-state index >= 15 is 0 Å². The number of carbonyl (C=O) groups excluding carboxylic acids is 1. The second-order valence-electron chi connectivity index (χ2n) is 5.11. The molecule has 116 valence electrons. The highest BCUT2D eigenvalue weighted by Gasteiger charge is 2.16. The van der Waals surface area contributed by atoms with Crippen molar-refractivity contribution in [2.75, 3.05) is 25.0 Å². The van der Waals surface area contributed by atoms with Crippen LogP contribution in [0.2, 0.25) is 0 Å². The third kappa shape index (κ3) is 3.61. The standard InChI is InChI=1S/C15H17FN4OS/c16-12-2-1-5-17-14(12)19-15(21)18-6-8-20-7-3-13-11(10-20)4-9-22-13/h1-2,4-5,9H,3,6-8,10H2,(H2,17,18,19,21). The molecule has 2 aromatic rings. The molecule has 2 N–H and O–H groups in total. The zero-order valence-corrected chi connectivity index (χ0v) is 12.8. The normalized spacial score (nSPS) is 14.4. The Morgan fingerprint density at radius 2 is 2.36 bits per heavy atom. The maximum Gasteiger partial charge on any atom is 0.320 e. The number of hydrogen-bond donors (Lipinski definition) is 2. The number of nitrogens with one attached hydrogen (secondary N) is 2. The number of thiophene rings is 1. The van der Waals surface area contributed by atoms with E-state index in [0.717, 1.165) is 26.1 Å². The molecular formula is C15H17FN4OS. The summed E-state index contributed by atoms with van der Waals surface area (Å²) in [4.78, 5) is 19.3. The maximum absolute atomic E-state index is 13.4. The Bertz CT molecular complexity index is 660. The van der Waals surface area contributed by atoms with Crippen molar-refractivity contribution in [2.45, 2.75) is 13.0 Å². The van der Waals surface area contributed by atoms with Gasteiger partial charge in [0.25, 0.3) is 0 Å². The molecule has 2 aromatic heterocycles. The molecular weight excluding hydrogens is 303 g/mol. The second kappa shape index (κ2) is 6.85. The molecule has 0 atom stereocenters. The van der Waals surface area contributed by atoms with E-state index in [2.05, 4.69) is 32.0 Å². The molecule has 0 aliphatic carbocycles. The molecule has 1 aliphatic heterocycles. The topological polar surface area (TPSA) is 57.3 Å². The van der Waals surface area contributed by atoms with Gasteiger partial charge in [-0.2, -0.15) is 0 Å². The Morgan fingerprint density at radius 1 is 1.45 bits per heavy atom. The van der Waals surface area contributed by atoms with Gasteiger partial charge in [0.15, 0.2) is 11.6 Å². The molecule has 22 heavy (non-hydrogen) atoms. The van der Waals surface area contributed by atoms with E-state index in [1.54, 1.807) is 0 Å². The van der Waals surface area contributed by atoms with Gasteiger partial charge in [-0.05, 0) is 35.6 Å². The van der Waals surface area contributed by atoms with Crippen LogP contribution in [-0.2, 0) is 13.0 Å². The van der Waals surface area contributed by atoms with Gasteiger partial charge in [-0.15, -0.1) is 11.3 Å². The zero-order valence-electron chi connectivity index (χ0n) is 12.0. The van der Waals surface area contributed by atoms with Gasteiger partial charge >= 0.3 is 6.03 Å². The van der Waals surface area contributed by atoms with Crippen LogP contribution >= 0.6 is 11.3 Å². The Morgan fingerprint density at radius 3 is 3.23 bits per heavy atom. The number of hydrogen-bond acceptors (Lipinski definition) is 4. The monoisotopic (exact) mass is 320 g/mol. The predicted octanol–water partition coefficient (Wildman–Crippen LogP) is 2.46. The van der Waals surface area contributed by atoms with Crippen LogP contribution in [0.25, 0.3) is 0 Å². The molecule has 3 heterocycles. The van der Waals surface area contributed by atoms with Crippen LogP contribution < -0.4 is 10.6 Å². The summed E-state index contributed by atoms with van der Waals surface area (Å²) in [6.07, 6.45) is 2.50. The van der Waals surface area contributed by atoms with Gasteiger partial charge in [0.1, 0.15) is 0 Å². The minimum Gasteiger partial charge on any atom is -0.337 e. The van der Waals surface area contributed by atoms with Crippen molar-refractivity contribution in [1.29, 1.82) is 0 Å². The van der Waals surface area contributed by atoms with Gasteiger partial charge in [0, 0.05) is 37.3 Å². The first-order valence-electron chi connectivity index (χ1n) is 7.15. The van der Waals surface area contributed by atoms with E-state index in [4.69, 9.17) is 0 Å². The van der Waals surface area contributed by atoms with Crippen LogP contribution in [0.1, 0.15) is 10.4 Å². The van der Waals surface area contributed by atoms with Gasteiger partial charge in [-0.25, -0.2) is 14.2 Å². The van der Waals surface area contributed by atoms with Crippen molar-refractivity contribution >= 4 is 23.2 Å². The highest BCUT2D eigenvalue weighted by atomic mass is 32.1. The van der Waals surface area contributed by atoms with Crippen molar-refractivity contribution in [2.24, 2.45) is 0 Å². The average Bonchev–Trinajstić information content (AvgIpc) is 2.97. The minimum absolute atomic E-state index is 0.0547. The van der Waals surface area contributed by atoms with Gasteiger partial charge < -0.3 is 5.32 Å². The maximum atomic E-state index is 13.4. The summed E-state index contributed by atoms with van der Waals surface area (Å²) in [5, 5.41) is 7.26. The fourth-order valence-corrected chi connectivity index (χ4v) is 3.34. The second-order valence-corrected chi connectivity index (χ2v) is 6.11. The Hall–Kier alpha value is -1.99. The van der Waals surface area contributed by atoms with E-state index in [0.29, 0.717) is 6.54 Å². The molecule has 0 saturated heterocycles. The SMILES string of the molecule is O=C(NCCN1CCc2sccc2C1)Nc1ncccc1F. The first-order valence-corrected chi connectivity index (χ1v) is 8.03.